The summed E-state index contributed by atoms with van der Waals surface area (Å²) < 4.78 is 11.9. The van der Waals surface area contributed by atoms with Gasteiger partial charge >= 0.3 is 5.97 Å². The number of allylic oxidation sites excluding steroid dienone is 4. The van der Waals surface area contributed by atoms with E-state index in [9.17, 15) is 9.90 Å². The molecule has 4 nitrogen and oxygen atoms in total. The summed E-state index contributed by atoms with van der Waals surface area (Å²) in [6, 6.07) is 0. The number of carboxylic acid groups (broad SMARTS) is 1. The third kappa shape index (κ3) is 3.06. The molecule has 2 aliphatic rings. The molecule has 2 aliphatic carbocycles. The highest BCUT2D eigenvalue weighted by Gasteiger charge is 2.42. The van der Waals surface area contributed by atoms with Crippen molar-refractivity contribution in [2.24, 2.45) is 0 Å². The zero-order valence-corrected chi connectivity index (χ0v) is 12.0. The van der Waals surface area contributed by atoms with Gasteiger partial charge in [-0.2, -0.15) is 0 Å². The lowest BCUT2D eigenvalue weighted by atomic mass is 10.0. The van der Waals surface area contributed by atoms with Gasteiger partial charge in [0.1, 0.15) is 5.57 Å². The summed E-state index contributed by atoms with van der Waals surface area (Å²) in [4.78, 5) is 11.4. The zero-order valence-electron chi connectivity index (χ0n) is 12.0. The van der Waals surface area contributed by atoms with Gasteiger partial charge in [0.05, 0.1) is 11.5 Å². The number of hydrogen-bond acceptors (Lipinski definition) is 3. The molecule has 0 radical (unpaired) electrons. The highest BCUT2D eigenvalue weighted by Crippen LogP contribution is 2.36. The summed E-state index contributed by atoms with van der Waals surface area (Å²) in [7, 11) is 0. The maximum atomic E-state index is 11.4. The van der Waals surface area contributed by atoms with Gasteiger partial charge in [-0.3, -0.25) is 0 Å². The first-order valence-electron chi connectivity index (χ1n) is 7.26. The molecule has 0 bridgehead atoms. The summed E-state index contributed by atoms with van der Waals surface area (Å²) >= 11 is 0. The van der Waals surface area contributed by atoms with Crippen molar-refractivity contribution >= 4 is 5.97 Å². The first-order valence-corrected chi connectivity index (χ1v) is 7.26. The lowest BCUT2D eigenvalue weighted by molar-refractivity contribution is -0.176. The Morgan fingerprint density at radius 3 is 2.05 bits per heavy atom. The molecule has 0 heterocycles. The summed E-state index contributed by atoms with van der Waals surface area (Å²) in [5, 5.41) is 9.30. The fraction of sp³-hybridized carbons (Fsp3) is 0.562. The van der Waals surface area contributed by atoms with E-state index in [2.05, 4.69) is 6.58 Å². The van der Waals surface area contributed by atoms with E-state index < -0.39 is 11.8 Å². The Morgan fingerprint density at radius 2 is 1.75 bits per heavy atom. The minimum atomic E-state index is -1.28. The predicted octanol–water partition coefficient (Wildman–Crippen LogP) is 3.90. The molecule has 20 heavy (non-hydrogen) atoms. The SMILES string of the molecule is C=C(C(=O)O)C(CC)(OC1=CCCC1)OC1=CCCC1. The quantitative estimate of drug-likeness (QED) is 0.567. The standard InChI is InChI=1S/C16H22O4/c1-3-16(12(2)15(17)18,19-13-8-4-5-9-13)20-14-10-6-7-11-14/h8,10H,2-7,9,11H2,1H3,(H,17,18). The highest BCUT2D eigenvalue weighted by atomic mass is 16.7. The van der Waals surface area contributed by atoms with Crippen LogP contribution in [0.4, 0.5) is 0 Å². The molecule has 4 heteroatoms. The third-order valence-electron chi connectivity index (χ3n) is 3.77. The lowest BCUT2D eigenvalue weighted by Crippen LogP contribution is -2.39. The van der Waals surface area contributed by atoms with Crippen molar-refractivity contribution in [1.29, 1.82) is 0 Å². The van der Waals surface area contributed by atoms with Crippen molar-refractivity contribution in [3.05, 3.63) is 35.8 Å². The van der Waals surface area contributed by atoms with Crippen LogP contribution in [0.25, 0.3) is 0 Å². The molecule has 0 amide bonds. The van der Waals surface area contributed by atoms with E-state index in [4.69, 9.17) is 9.47 Å². The minimum absolute atomic E-state index is 0.0411. The molecular formula is C16H22O4. The first kappa shape index (κ1) is 14.7. The van der Waals surface area contributed by atoms with Crippen molar-refractivity contribution in [3.8, 4) is 0 Å². The smallest absolute Gasteiger partial charge is 0.338 e. The fourth-order valence-electron chi connectivity index (χ4n) is 2.56. The molecule has 0 aliphatic heterocycles. The van der Waals surface area contributed by atoms with Gasteiger partial charge < -0.3 is 14.6 Å². The molecule has 0 aromatic heterocycles. The van der Waals surface area contributed by atoms with Gasteiger partial charge in [-0.05, 0) is 37.8 Å². The van der Waals surface area contributed by atoms with Gasteiger partial charge in [-0.15, -0.1) is 0 Å². The second kappa shape index (κ2) is 6.16. The minimum Gasteiger partial charge on any atom is -0.478 e. The van der Waals surface area contributed by atoms with Crippen molar-refractivity contribution in [2.75, 3.05) is 0 Å². The van der Waals surface area contributed by atoms with Crippen LogP contribution >= 0.6 is 0 Å². The Hall–Kier alpha value is -1.71. The number of rotatable bonds is 7. The second-order valence-corrected chi connectivity index (χ2v) is 5.22. The summed E-state index contributed by atoms with van der Waals surface area (Å²) in [5.41, 5.74) is -0.0411. The van der Waals surface area contributed by atoms with Gasteiger partial charge in [0.15, 0.2) is 0 Å². The Labute approximate surface area is 119 Å². The first-order chi connectivity index (χ1) is 9.57. The highest BCUT2D eigenvalue weighted by molar-refractivity contribution is 5.87. The number of hydrogen-bond donors (Lipinski definition) is 1. The Balaban J connectivity index is 2.23. The van der Waals surface area contributed by atoms with E-state index in [-0.39, 0.29) is 5.57 Å². The number of carbonyl (C=O) groups is 1. The zero-order chi connectivity index (χ0) is 14.6. The number of carboxylic acids is 1. The van der Waals surface area contributed by atoms with E-state index in [0.717, 1.165) is 50.0 Å². The molecule has 2 rings (SSSR count). The Bertz CT molecular complexity index is 433. The number of ether oxygens (including phenoxy) is 2. The van der Waals surface area contributed by atoms with Crippen LogP contribution in [0.5, 0.6) is 0 Å². The monoisotopic (exact) mass is 278 g/mol. The van der Waals surface area contributed by atoms with Crippen LogP contribution < -0.4 is 0 Å². The van der Waals surface area contributed by atoms with Crippen LogP contribution in [0.1, 0.15) is 51.9 Å². The molecule has 0 unspecified atom stereocenters. The van der Waals surface area contributed by atoms with Crippen LogP contribution in [0.15, 0.2) is 35.8 Å². The normalized spacial score (nSPS) is 18.4. The predicted molar refractivity (Wildman–Crippen MR) is 75.8 cm³/mol. The number of aliphatic carboxylic acids is 1. The average Bonchev–Trinajstić information content (AvgIpc) is 3.10. The van der Waals surface area contributed by atoms with Gasteiger partial charge in [-0.25, -0.2) is 4.79 Å². The molecule has 0 aromatic carbocycles. The molecular weight excluding hydrogens is 256 g/mol. The van der Waals surface area contributed by atoms with E-state index in [1.54, 1.807) is 0 Å². The van der Waals surface area contributed by atoms with Crippen molar-refractivity contribution in [3.63, 3.8) is 0 Å². The van der Waals surface area contributed by atoms with Crippen molar-refractivity contribution in [2.45, 2.75) is 57.7 Å². The van der Waals surface area contributed by atoms with Gasteiger partial charge in [-0.1, -0.05) is 13.5 Å². The molecule has 0 atom stereocenters. The molecule has 0 saturated heterocycles. The van der Waals surface area contributed by atoms with Gasteiger partial charge in [0.25, 0.3) is 5.79 Å². The van der Waals surface area contributed by atoms with E-state index in [0.29, 0.717) is 6.42 Å². The van der Waals surface area contributed by atoms with E-state index in [1.807, 2.05) is 19.1 Å². The van der Waals surface area contributed by atoms with Crippen molar-refractivity contribution < 1.29 is 19.4 Å². The van der Waals surface area contributed by atoms with E-state index in [1.165, 1.54) is 0 Å². The largest absolute Gasteiger partial charge is 0.478 e. The third-order valence-corrected chi connectivity index (χ3v) is 3.77. The maximum Gasteiger partial charge on any atom is 0.338 e. The van der Waals surface area contributed by atoms with Crippen LogP contribution in [0.2, 0.25) is 0 Å². The Kier molecular flexibility index (Phi) is 4.53. The van der Waals surface area contributed by atoms with Crippen LogP contribution in [-0.4, -0.2) is 16.9 Å². The van der Waals surface area contributed by atoms with E-state index >= 15 is 0 Å². The lowest BCUT2D eigenvalue weighted by Gasteiger charge is -2.35. The molecule has 110 valence electrons. The van der Waals surface area contributed by atoms with Crippen LogP contribution in [0, 0.1) is 0 Å². The van der Waals surface area contributed by atoms with Crippen LogP contribution in [0.3, 0.4) is 0 Å². The average molecular weight is 278 g/mol. The maximum absolute atomic E-state index is 11.4. The summed E-state index contributed by atoms with van der Waals surface area (Å²) in [5.74, 6) is -0.734. The summed E-state index contributed by atoms with van der Waals surface area (Å²) in [6.07, 6.45) is 10.1. The van der Waals surface area contributed by atoms with Gasteiger partial charge in [0.2, 0.25) is 0 Å². The van der Waals surface area contributed by atoms with Gasteiger partial charge in [0, 0.05) is 19.3 Å². The molecule has 0 saturated carbocycles. The Morgan fingerprint density at radius 1 is 1.25 bits per heavy atom. The summed E-state index contributed by atoms with van der Waals surface area (Å²) in [6.45, 7) is 5.54. The topological polar surface area (TPSA) is 55.8 Å². The fourth-order valence-corrected chi connectivity index (χ4v) is 2.56. The van der Waals surface area contributed by atoms with Crippen LogP contribution in [-0.2, 0) is 14.3 Å². The van der Waals surface area contributed by atoms with Crippen molar-refractivity contribution in [1.82, 2.24) is 0 Å². The molecule has 0 fully saturated rings. The molecule has 1 N–H and O–H groups in total. The molecule has 0 aromatic rings. The second-order valence-electron chi connectivity index (χ2n) is 5.22. The molecule has 0 spiro atoms.